The standard InChI is InChI=1S/C31H21Br2N7O2S/c32-25-18-34-39-28(25)15-22(20-7-3-1-4-8-20)16-30(39)38-43(41,42)24-13-11-23(12-14-24)36-29-17-27(21-9-5-2-6-10-21)37-31-26(33)19-35-40(29)31/h1-19,36,38H. The minimum Gasteiger partial charge on any atom is -0.340 e. The predicted octanol–water partition coefficient (Wildman–Crippen LogP) is 7.78. The Bertz CT molecular complexity index is 2220. The number of sulfonamides is 1. The smallest absolute Gasteiger partial charge is 0.263 e. The van der Waals surface area contributed by atoms with Gasteiger partial charge in [-0.3, -0.25) is 4.72 Å². The van der Waals surface area contributed by atoms with Crippen molar-refractivity contribution in [1.82, 2.24) is 24.2 Å². The Morgan fingerprint density at radius 3 is 2.02 bits per heavy atom. The van der Waals surface area contributed by atoms with E-state index in [-0.39, 0.29) is 4.90 Å². The summed E-state index contributed by atoms with van der Waals surface area (Å²) in [6.45, 7) is 0. The molecule has 0 spiro atoms. The third kappa shape index (κ3) is 5.29. The second kappa shape index (κ2) is 11.0. The number of benzene rings is 3. The van der Waals surface area contributed by atoms with Crippen LogP contribution >= 0.6 is 31.9 Å². The average molecular weight is 715 g/mol. The predicted molar refractivity (Wildman–Crippen MR) is 175 cm³/mol. The van der Waals surface area contributed by atoms with Crippen LogP contribution in [0, 0.1) is 0 Å². The topological polar surface area (TPSA) is 106 Å². The molecule has 7 rings (SSSR count). The molecular formula is C31H21Br2N7O2S. The van der Waals surface area contributed by atoms with Gasteiger partial charge in [0.15, 0.2) is 5.65 Å². The number of rotatable bonds is 7. The van der Waals surface area contributed by atoms with Crippen molar-refractivity contribution in [2.24, 2.45) is 0 Å². The molecule has 12 heteroatoms. The molecule has 0 bridgehead atoms. The van der Waals surface area contributed by atoms with Crippen molar-refractivity contribution < 1.29 is 8.42 Å². The van der Waals surface area contributed by atoms with Gasteiger partial charge >= 0.3 is 0 Å². The maximum absolute atomic E-state index is 13.5. The van der Waals surface area contributed by atoms with Crippen LogP contribution in [0.1, 0.15) is 0 Å². The van der Waals surface area contributed by atoms with Crippen molar-refractivity contribution in [3.8, 4) is 22.4 Å². The van der Waals surface area contributed by atoms with Gasteiger partial charge in [0.25, 0.3) is 10.0 Å². The van der Waals surface area contributed by atoms with Crippen LogP contribution in [-0.4, -0.2) is 32.6 Å². The highest BCUT2D eigenvalue weighted by Gasteiger charge is 2.19. The first-order valence-corrected chi connectivity index (χ1v) is 16.1. The SMILES string of the molecule is O=S(=O)(Nc1cc(-c2ccccc2)cc2c(Br)cnn12)c1ccc(Nc2cc(-c3ccccc3)nc3c(Br)cnn23)cc1. The Morgan fingerprint density at radius 1 is 0.651 bits per heavy atom. The molecule has 4 aromatic heterocycles. The van der Waals surface area contributed by atoms with Crippen LogP contribution < -0.4 is 10.0 Å². The molecule has 0 radical (unpaired) electrons. The number of pyridine rings is 1. The summed E-state index contributed by atoms with van der Waals surface area (Å²) in [7, 11) is -3.95. The van der Waals surface area contributed by atoms with E-state index >= 15 is 0 Å². The zero-order valence-electron chi connectivity index (χ0n) is 22.2. The first kappa shape index (κ1) is 27.3. The molecule has 3 aromatic carbocycles. The summed E-state index contributed by atoms with van der Waals surface area (Å²) in [6, 6.07) is 31.8. The molecular weight excluding hydrogens is 694 g/mol. The zero-order valence-corrected chi connectivity index (χ0v) is 26.2. The number of fused-ring (bicyclic) bond motifs is 2. The largest absolute Gasteiger partial charge is 0.340 e. The lowest BCUT2D eigenvalue weighted by molar-refractivity contribution is 0.601. The average Bonchev–Trinajstić information content (AvgIpc) is 3.60. The lowest BCUT2D eigenvalue weighted by atomic mass is 10.1. The summed E-state index contributed by atoms with van der Waals surface area (Å²) in [5.41, 5.74) is 5.62. The second-order valence-corrected chi connectivity index (χ2v) is 13.1. The number of halogens is 2. The molecule has 0 unspecified atom stereocenters. The molecule has 0 saturated carbocycles. The molecule has 4 heterocycles. The summed E-state index contributed by atoms with van der Waals surface area (Å²) in [5.74, 6) is 0.994. The van der Waals surface area contributed by atoms with E-state index in [1.807, 2.05) is 72.8 Å². The van der Waals surface area contributed by atoms with E-state index in [0.29, 0.717) is 23.0 Å². The van der Waals surface area contributed by atoms with Gasteiger partial charge in [-0.1, -0.05) is 60.7 Å². The van der Waals surface area contributed by atoms with Gasteiger partial charge in [-0.05, 0) is 79.4 Å². The van der Waals surface area contributed by atoms with Crippen molar-refractivity contribution in [2.45, 2.75) is 4.90 Å². The summed E-state index contributed by atoms with van der Waals surface area (Å²) < 4.78 is 34.6. The maximum atomic E-state index is 13.5. The van der Waals surface area contributed by atoms with Crippen LogP contribution in [0.5, 0.6) is 0 Å². The molecule has 0 aliphatic carbocycles. The molecule has 0 amide bonds. The van der Waals surface area contributed by atoms with Crippen LogP contribution in [0.25, 0.3) is 33.5 Å². The van der Waals surface area contributed by atoms with E-state index in [4.69, 9.17) is 4.98 Å². The summed E-state index contributed by atoms with van der Waals surface area (Å²) in [5, 5.41) is 12.2. The zero-order chi connectivity index (χ0) is 29.6. The monoisotopic (exact) mass is 713 g/mol. The third-order valence-corrected chi connectivity index (χ3v) is 9.39. The van der Waals surface area contributed by atoms with Crippen LogP contribution in [0.2, 0.25) is 0 Å². The first-order chi connectivity index (χ1) is 20.9. The van der Waals surface area contributed by atoms with Crippen LogP contribution in [-0.2, 0) is 10.0 Å². The van der Waals surface area contributed by atoms with Gasteiger partial charge in [-0.25, -0.2) is 17.9 Å². The van der Waals surface area contributed by atoms with E-state index < -0.39 is 10.0 Å². The van der Waals surface area contributed by atoms with Crippen molar-refractivity contribution in [1.29, 1.82) is 0 Å². The Balaban J connectivity index is 1.20. The third-order valence-electron chi connectivity index (χ3n) is 6.85. The Hall–Kier alpha value is -4.52. The molecule has 9 nitrogen and oxygen atoms in total. The number of aromatic nitrogens is 5. The van der Waals surface area contributed by atoms with Crippen molar-refractivity contribution in [2.75, 3.05) is 10.0 Å². The molecule has 43 heavy (non-hydrogen) atoms. The normalized spacial score (nSPS) is 11.7. The van der Waals surface area contributed by atoms with E-state index in [1.54, 1.807) is 51.8 Å². The van der Waals surface area contributed by atoms with E-state index in [2.05, 4.69) is 52.1 Å². The fourth-order valence-corrected chi connectivity index (χ4v) is 6.53. The Labute approximate surface area is 263 Å². The molecule has 0 aliphatic rings. The minimum absolute atomic E-state index is 0.106. The second-order valence-electron chi connectivity index (χ2n) is 9.66. The molecule has 212 valence electrons. The van der Waals surface area contributed by atoms with Gasteiger partial charge in [-0.15, -0.1) is 0 Å². The van der Waals surface area contributed by atoms with Gasteiger partial charge in [0.1, 0.15) is 11.6 Å². The van der Waals surface area contributed by atoms with E-state index in [1.165, 1.54) is 0 Å². The fourth-order valence-electron chi connectivity index (χ4n) is 4.77. The van der Waals surface area contributed by atoms with Crippen molar-refractivity contribution >= 4 is 70.4 Å². The number of nitrogens with zero attached hydrogens (tertiary/aromatic N) is 5. The first-order valence-electron chi connectivity index (χ1n) is 13.1. The van der Waals surface area contributed by atoms with Crippen molar-refractivity contribution in [3.05, 3.63) is 124 Å². The molecule has 2 N–H and O–H groups in total. The highest BCUT2D eigenvalue weighted by Crippen LogP contribution is 2.31. The van der Waals surface area contributed by atoms with Crippen LogP contribution in [0.15, 0.2) is 129 Å². The van der Waals surface area contributed by atoms with Gasteiger partial charge in [-0.2, -0.15) is 14.7 Å². The summed E-state index contributed by atoms with van der Waals surface area (Å²) in [4.78, 5) is 4.86. The lowest BCUT2D eigenvalue weighted by Crippen LogP contribution is -2.15. The molecule has 0 saturated heterocycles. The van der Waals surface area contributed by atoms with E-state index in [9.17, 15) is 8.42 Å². The highest BCUT2D eigenvalue weighted by atomic mass is 79.9. The molecule has 0 atom stereocenters. The van der Waals surface area contributed by atoms with E-state index in [0.717, 1.165) is 36.8 Å². The molecule has 0 fully saturated rings. The maximum Gasteiger partial charge on any atom is 0.263 e. The van der Waals surface area contributed by atoms with Gasteiger partial charge in [0, 0.05) is 17.3 Å². The minimum atomic E-state index is -3.95. The van der Waals surface area contributed by atoms with Gasteiger partial charge < -0.3 is 5.32 Å². The van der Waals surface area contributed by atoms with Gasteiger partial charge in [0.05, 0.1) is 37.4 Å². The Kier molecular flexibility index (Phi) is 6.96. The molecule has 0 aliphatic heterocycles. The van der Waals surface area contributed by atoms with Crippen LogP contribution in [0.4, 0.5) is 17.3 Å². The van der Waals surface area contributed by atoms with Crippen LogP contribution in [0.3, 0.4) is 0 Å². The molecule has 7 aromatic rings. The fraction of sp³-hybridized carbons (Fsp3) is 0. The quantitative estimate of drug-likeness (QED) is 0.175. The number of hydrogen-bond acceptors (Lipinski definition) is 6. The van der Waals surface area contributed by atoms with Gasteiger partial charge in [0.2, 0.25) is 0 Å². The summed E-state index contributed by atoms with van der Waals surface area (Å²) in [6.07, 6.45) is 3.32. The number of anilines is 3. The number of hydrogen-bond donors (Lipinski definition) is 2. The summed E-state index contributed by atoms with van der Waals surface area (Å²) >= 11 is 7.05. The highest BCUT2D eigenvalue weighted by molar-refractivity contribution is 9.11. The van der Waals surface area contributed by atoms with Crippen molar-refractivity contribution in [3.63, 3.8) is 0 Å². The Morgan fingerprint density at radius 2 is 1.30 bits per heavy atom. The number of nitrogens with one attached hydrogen (secondary N) is 2. The lowest BCUT2D eigenvalue weighted by Gasteiger charge is -2.14.